The van der Waals surface area contributed by atoms with Crippen molar-refractivity contribution < 1.29 is 24.2 Å². The fraction of sp³-hybridized carbons (Fsp3) is 0.222. The maximum absolute atomic E-state index is 12.6. The van der Waals surface area contributed by atoms with Crippen LogP contribution in [-0.2, 0) is 9.53 Å². The molecule has 3 N–H and O–H groups in total. The Labute approximate surface area is 208 Å². The first-order chi connectivity index (χ1) is 16.9. The fourth-order valence-corrected chi connectivity index (χ4v) is 4.56. The Hall–Kier alpha value is -3.84. The number of carbonyl (C=O) groups is 3. The molecule has 3 aromatic carbocycles. The number of benzene rings is 3. The van der Waals surface area contributed by atoms with Crippen molar-refractivity contribution in [2.24, 2.45) is 0 Å². The van der Waals surface area contributed by atoms with Crippen LogP contribution in [0.1, 0.15) is 47.2 Å². The van der Waals surface area contributed by atoms with Crippen molar-refractivity contribution in [1.82, 2.24) is 5.32 Å². The summed E-state index contributed by atoms with van der Waals surface area (Å²) in [5, 5.41) is 14.5. The first-order valence-corrected chi connectivity index (χ1v) is 11.7. The van der Waals surface area contributed by atoms with Crippen LogP contribution in [0.2, 0.25) is 5.02 Å². The van der Waals surface area contributed by atoms with E-state index in [-0.39, 0.29) is 29.5 Å². The van der Waals surface area contributed by atoms with Crippen LogP contribution in [0.4, 0.5) is 10.5 Å². The maximum Gasteiger partial charge on any atom is 0.411 e. The minimum atomic E-state index is -0.999. The predicted octanol–water partition coefficient (Wildman–Crippen LogP) is 5.68. The number of nitrogens with one attached hydrogen (secondary N) is 2. The Morgan fingerprint density at radius 2 is 1.63 bits per heavy atom. The zero-order valence-corrected chi connectivity index (χ0v) is 19.8. The van der Waals surface area contributed by atoms with Crippen LogP contribution in [-0.4, -0.2) is 35.7 Å². The maximum atomic E-state index is 12.6. The number of aliphatic carboxylic acids is 1. The number of hydrogen-bond donors (Lipinski definition) is 3. The summed E-state index contributed by atoms with van der Waals surface area (Å²) >= 11 is 6.16. The topological polar surface area (TPSA) is 105 Å². The highest BCUT2D eigenvalue weighted by Crippen LogP contribution is 2.44. The van der Waals surface area contributed by atoms with Crippen LogP contribution in [0.15, 0.2) is 66.7 Å². The molecule has 0 bridgehead atoms. The molecule has 180 valence electrons. The molecule has 0 unspecified atom stereocenters. The van der Waals surface area contributed by atoms with Gasteiger partial charge in [-0.25, -0.2) is 4.79 Å². The second kappa shape index (κ2) is 10.6. The molecule has 0 saturated carbocycles. The summed E-state index contributed by atoms with van der Waals surface area (Å²) in [6.45, 7) is 1.94. The van der Waals surface area contributed by atoms with Gasteiger partial charge >= 0.3 is 12.1 Å². The minimum Gasteiger partial charge on any atom is -0.481 e. The molecule has 4 rings (SSSR count). The zero-order chi connectivity index (χ0) is 24.9. The number of carboxylic acids is 1. The number of amides is 2. The number of hydrogen-bond acceptors (Lipinski definition) is 4. The average Bonchev–Trinajstić information content (AvgIpc) is 3.15. The molecule has 0 heterocycles. The van der Waals surface area contributed by atoms with Crippen molar-refractivity contribution in [3.8, 4) is 11.1 Å². The first-order valence-electron chi connectivity index (χ1n) is 11.3. The van der Waals surface area contributed by atoms with Crippen molar-refractivity contribution in [2.75, 3.05) is 11.9 Å². The molecule has 0 aromatic heterocycles. The second-order valence-corrected chi connectivity index (χ2v) is 8.79. The van der Waals surface area contributed by atoms with E-state index in [1.54, 1.807) is 6.92 Å². The van der Waals surface area contributed by atoms with Gasteiger partial charge in [0.2, 0.25) is 0 Å². The number of carboxylic acid groups (broad SMARTS) is 1. The van der Waals surface area contributed by atoms with Gasteiger partial charge in [0.25, 0.3) is 5.91 Å². The number of fused-ring (bicyclic) bond motifs is 3. The molecule has 0 spiro atoms. The molecule has 0 fully saturated rings. The highest BCUT2D eigenvalue weighted by atomic mass is 35.5. The molecule has 7 nitrogen and oxygen atoms in total. The SMILES string of the molecule is CC[C@H](CC(=O)O)NC(=O)c1cc(Cl)cc(NC(=O)OCC2c3ccccc3-c3ccccc32)c1. The van der Waals surface area contributed by atoms with Crippen LogP contribution in [0.25, 0.3) is 11.1 Å². The van der Waals surface area contributed by atoms with Gasteiger partial charge in [-0.3, -0.25) is 14.9 Å². The number of ether oxygens (including phenoxy) is 1. The first kappa shape index (κ1) is 24.3. The fourth-order valence-electron chi connectivity index (χ4n) is 4.32. The largest absolute Gasteiger partial charge is 0.481 e. The molecule has 1 aliphatic rings. The van der Waals surface area contributed by atoms with Gasteiger partial charge in [-0.05, 0) is 46.9 Å². The van der Waals surface area contributed by atoms with E-state index in [0.29, 0.717) is 12.1 Å². The molecule has 0 saturated heterocycles. The summed E-state index contributed by atoms with van der Waals surface area (Å²) in [5.41, 5.74) is 4.98. The normalized spacial score (nSPS) is 12.9. The Morgan fingerprint density at radius 1 is 1.00 bits per heavy atom. The van der Waals surface area contributed by atoms with Crippen LogP contribution < -0.4 is 10.6 Å². The molecular weight excluding hydrogens is 468 g/mol. The monoisotopic (exact) mass is 492 g/mol. The molecule has 1 atom stereocenters. The van der Waals surface area contributed by atoms with Gasteiger partial charge in [-0.15, -0.1) is 0 Å². The lowest BCUT2D eigenvalue weighted by Crippen LogP contribution is -2.36. The van der Waals surface area contributed by atoms with E-state index in [2.05, 4.69) is 22.8 Å². The molecular formula is C27H25ClN2O5. The van der Waals surface area contributed by atoms with E-state index >= 15 is 0 Å². The summed E-state index contributed by atoms with van der Waals surface area (Å²) in [4.78, 5) is 36.2. The van der Waals surface area contributed by atoms with Gasteiger partial charge in [0, 0.05) is 28.2 Å². The summed E-state index contributed by atoms with van der Waals surface area (Å²) in [5.74, 6) is -1.55. The summed E-state index contributed by atoms with van der Waals surface area (Å²) < 4.78 is 5.55. The lowest BCUT2D eigenvalue weighted by Gasteiger charge is -2.16. The highest BCUT2D eigenvalue weighted by molar-refractivity contribution is 6.31. The number of anilines is 1. The zero-order valence-electron chi connectivity index (χ0n) is 19.1. The number of halogens is 1. The highest BCUT2D eigenvalue weighted by Gasteiger charge is 2.29. The number of carbonyl (C=O) groups excluding carboxylic acids is 2. The third-order valence-corrected chi connectivity index (χ3v) is 6.22. The van der Waals surface area contributed by atoms with E-state index < -0.39 is 24.0 Å². The molecule has 2 amide bonds. The Morgan fingerprint density at radius 3 is 2.23 bits per heavy atom. The summed E-state index contributed by atoms with van der Waals surface area (Å²) in [7, 11) is 0. The third kappa shape index (κ3) is 5.63. The second-order valence-electron chi connectivity index (χ2n) is 8.36. The van der Waals surface area contributed by atoms with E-state index in [9.17, 15) is 14.4 Å². The molecule has 0 aliphatic heterocycles. The van der Waals surface area contributed by atoms with Crippen LogP contribution in [0.3, 0.4) is 0 Å². The van der Waals surface area contributed by atoms with E-state index in [0.717, 1.165) is 22.3 Å². The summed E-state index contributed by atoms with van der Waals surface area (Å²) in [6.07, 6.45) is -0.394. The minimum absolute atomic E-state index is 0.0749. The van der Waals surface area contributed by atoms with Crippen LogP contribution in [0, 0.1) is 0 Å². The third-order valence-electron chi connectivity index (χ3n) is 6.00. The Kier molecular flexibility index (Phi) is 7.36. The van der Waals surface area contributed by atoms with E-state index in [1.165, 1.54) is 18.2 Å². The van der Waals surface area contributed by atoms with Crippen LogP contribution in [0.5, 0.6) is 0 Å². The van der Waals surface area contributed by atoms with Crippen molar-refractivity contribution >= 4 is 35.3 Å². The van der Waals surface area contributed by atoms with E-state index in [4.69, 9.17) is 21.4 Å². The molecule has 0 radical (unpaired) electrons. The quantitative estimate of drug-likeness (QED) is 0.375. The molecule has 8 heteroatoms. The van der Waals surface area contributed by atoms with Gasteiger partial charge in [-0.2, -0.15) is 0 Å². The van der Waals surface area contributed by atoms with Crippen molar-refractivity contribution in [2.45, 2.75) is 31.7 Å². The molecule has 35 heavy (non-hydrogen) atoms. The van der Waals surface area contributed by atoms with Crippen LogP contribution >= 0.6 is 11.6 Å². The lowest BCUT2D eigenvalue weighted by atomic mass is 9.98. The standard InChI is InChI=1S/C27H25ClN2O5/c1-2-18(14-25(31)32)29-26(33)16-11-17(28)13-19(12-16)30-27(34)35-15-24-22-9-5-3-7-20(22)21-8-4-6-10-23(21)24/h3-13,18,24H,2,14-15H2,1H3,(H,29,33)(H,30,34)(H,31,32)/t18-/m1/s1. The van der Waals surface area contributed by atoms with Gasteiger partial charge in [-0.1, -0.05) is 67.1 Å². The van der Waals surface area contributed by atoms with Crippen molar-refractivity contribution in [3.63, 3.8) is 0 Å². The van der Waals surface area contributed by atoms with Gasteiger partial charge in [0.1, 0.15) is 6.61 Å². The predicted molar refractivity (Wildman–Crippen MR) is 134 cm³/mol. The van der Waals surface area contributed by atoms with Crippen molar-refractivity contribution in [3.05, 3.63) is 88.4 Å². The lowest BCUT2D eigenvalue weighted by molar-refractivity contribution is -0.137. The summed E-state index contributed by atoms with van der Waals surface area (Å²) in [6, 6.07) is 20.0. The average molecular weight is 493 g/mol. The van der Waals surface area contributed by atoms with Gasteiger partial charge < -0.3 is 15.2 Å². The van der Waals surface area contributed by atoms with E-state index in [1.807, 2.05) is 36.4 Å². The van der Waals surface area contributed by atoms with Crippen molar-refractivity contribution in [1.29, 1.82) is 0 Å². The van der Waals surface area contributed by atoms with Gasteiger partial charge in [0.05, 0.1) is 6.42 Å². The number of rotatable bonds is 8. The Bertz CT molecular complexity index is 1230. The molecule has 1 aliphatic carbocycles. The smallest absolute Gasteiger partial charge is 0.411 e. The van der Waals surface area contributed by atoms with Gasteiger partial charge in [0.15, 0.2) is 0 Å². The molecule has 3 aromatic rings. The Balaban J connectivity index is 1.42.